The summed E-state index contributed by atoms with van der Waals surface area (Å²) in [4.78, 5) is 0. The fraction of sp³-hybridized carbons (Fsp3) is 0.538. The molecule has 1 aromatic carbocycles. The third-order valence-electron chi connectivity index (χ3n) is 2.62. The number of benzene rings is 1. The van der Waals surface area contributed by atoms with Crippen molar-refractivity contribution < 1.29 is 8.42 Å². The molecule has 0 fully saturated rings. The summed E-state index contributed by atoms with van der Waals surface area (Å²) >= 11 is 6.07. The summed E-state index contributed by atoms with van der Waals surface area (Å²) in [6.07, 6.45) is 5.81. The van der Waals surface area contributed by atoms with Crippen LogP contribution >= 0.6 is 11.6 Å². The fourth-order valence-corrected chi connectivity index (χ4v) is 2.45. The van der Waals surface area contributed by atoms with Crippen molar-refractivity contribution in [2.45, 2.75) is 32.6 Å². The molecule has 0 aliphatic rings. The Morgan fingerprint density at radius 1 is 1.21 bits per heavy atom. The van der Waals surface area contributed by atoms with Crippen molar-refractivity contribution in [3.05, 3.63) is 23.2 Å². The summed E-state index contributed by atoms with van der Waals surface area (Å²) in [5.74, 6) is 0. The van der Waals surface area contributed by atoms with Crippen LogP contribution in [0.15, 0.2) is 18.2 Å². The van der Waals surface area contributed by atoms with E-state index >= 15 is 0 Å². The molecule has 0 atom stereocenters. The second kappa shape index (κ2) is 7.60. The maximum atomic E-state index is 11.2. The van der Waals surface area contributed by atoms with Gasteiger partial charge in [0.1, 0.15) is 0 Å². The van der Waals surface area contributed by atoms with Crippen LogP contribution < -0.4 is 10.0 Å². The minimum absolute atomic E-state index is 0.517. The van der Waals surface area contributed by atoms with Crippen molar-refractivity contribution >= 4 is 33.0 Å². The first kappa shape index (κ1) is 16.1. The zero-order chi connectivity index (χ0) is 14.3. The van der Waals surface area contributed by atoms with E-state index in [1.54, 1.807) is 18.2 Å². The summed E-state index contributed by atoms with van der Waals surface area (Å²) in [6.45, 7) is 3.01. The first-order valence-corrected chi connectivity index (χ1v) is 8.70. The van der Waals surface area contributed by atoms with Gasteiger partial charge in [-0.25, -0.2) is 8.42 Å². The van der Waals surface area contributed by atoms with Crippen LogP contribution in [-0.4, -0.2) is 21.2 Å². The first-order valence-electron chi connectivity index (χ1n) is 6.43. The highest BCUT2D eigenvalue weighted by Gasteiger charge is 2.05. The number of hydrogen-bond donors (Lipinski definition) is 2. The molecule has 0 amide bonds. The number of anilines is 2. The lowest BCUT2D eigenvalue weighted by Crippen LogP contribution is -2.10. The Hall–Kier alpha value is -0.940. The lowest BCUT2D eigenvalue weighted by atomic mass is 10.2. The maximum absolute atomic E-state index is 11.2. The molecule has 1 rings (SSSR count). The minimum atomic E-state index is -3.26. The van der Waals surface area contributed by atoms with Gasteiger partial charge in [0.05, 0.1) is 22.7 Å². The molecular formula is C13H21ClN2O2S. The molecule has 0 aliphatic heterocycles. The summed E-state index contributed by atoms with van der Waals surface area (Å²) < 4.78 is 24.8. The van der Waals surface area contributed by atoms with E-state index in [9.17, 15) is 8.42 Å². The summed E-state index contributed by atoms with van der Waals surface area (Å²) in [5, 5.41) is 3.82. The molecule has 19 heavy (non-hydrogen) atoms. The molecule has 4 nitrogen and oxygen atoms in total. The van der Waals surface area contributed by atoms with E-state index in [1.165, 1.54) is 19.3 Å². The van der Waals surface area contributed by atoms with E-state index in [2.05, 4.69) is 17.0 Å². The summed E-state index contributed by atoms with van der Waals surface area (Å²) in [6, 6.07) is 5.04. The quantitative estimate of drug-likeness (QED) is 0.720. The summed E-state index contributed by atoms with van der Waals surface area (Å²) in [7, 11) is -3.26. The van der Waals surface area contributed by atoms with Gasteiger partial charge in [-0.15, -0.1) is 0 Å². The van der Waals surface area contributed by atoms with Crippen LogP contribution in [0.3, 0.4) is 0 Å². The zero-order valence-corrected chi connectivity index (χ0v) is 12.9. The van der Waals surface area contributed by atoms with Gasteiger partial charge < -0.3 is 5.32 Å². The molecule has 0 spiro atoms. The molecule has 0 bridgehead atoms. The number of rotatable bonds is 8. The van der Waals surface area contributed by atoms with Gasteiger partial charge in [0.25, 0.3) is 0 Å². The van der Waals surface area contributed by atoms with Gasteiger partial charge in [-0.05, 0) is 24.6 Å². The van der Waals surface area contributed by atoms with E-state index < -0.39 is 10.0 Å². The van der Waals surface area contributed by atoms with Crippen LogP contribution in [-0.2, 0) is 10.0 Å². The van der Waals surface area contributed by atoms with E-state index in [0.717, 1.165) is 24.9 Å². The van der Waals surface area contributed by atoms with Gasteiger partial charge >= 0.3 is 0 Å². The molecule has 0 heterocycles. The van der Waals surface area contributed by atoms with Gasteiger partial charge in [0.15, 0.2) is 0 Å². The number of sulfonamides is 1. The predicted molar refractivity (Wildman–Crippen MR) is 82.6 cm³/mol. The molecule has 0 saturated heterocycles. The molecule has 0 aromatic heterocycles. The number of hydrogen-bond acceptors (Lipinski definition) is 3. The van der Waals surface area contributed by atoms with E-state index in [-0.39, 0.29) is 0 Å². The van der Waals surface area contributed by atoms with Gasteiger partial charge in [0.2, 0.25) is 10.0 Å². The molecule has 1 aromatic rings. The Morgan fingerprint density at radius 3 is 2.58 bits per heavy atom. The summed E-state index contributed by atoms with van der Waals surface area (Å²) in [5.41, 5.74) is 1.27. The topological polar surface area (TPSA) is 58.2 Å². The van der Waals surface area contributed by atoms with Crippen LogP contribution in [0.25, 0.3) is 0 Å². The smallest absolute Gasteiger partial charge is 0.229 e. The van der Waals surface area contributed by atoms with Gasteiger partial charge in [-0.3, -0.25) is 4.72 Å². The lowest BCUT2D eigenvalue weighted by molar-refractivity contribution is 0.607. The maximum Gasteiger partial charge on any atom is 0.229 e. The molecule has 6 heteroatoms. The Morgan fingerprint density at radius 2 is 1.95 bits per heavy atom. The number of nitrogens with one attached hydrogen (secondary N) is 2. The van der Waals surface area contributed by atoms with Gasteiger partial charge in [0, 0.05) is 6.54 Å². The highest BCUT2D eigenvalue weighted by atomic mass is 35.5. The number of unbranched alkanes of at least 4 members (excludes halogenated alkanes) is 3. The molecule has 0 radical (unpaired) electrons. The largest absolute Gasteiger partial charge is 0.384 e. The molecule has 2 N–H and O–H groups in total. The average molecular weight is 305 g/mol. The Balaban J connectivity index is 2.59. The molecular weight excluding hydrogens is 284 g/mol. The third-order valence-corrected chi connectivity index (χ3v) is 3.55. The fourth-order valence-electron chi connectivity index (χ4n) is 1.71. The lowest BCUT2D eigenvalue weighted by Gasteiger charge is -2.11. The predicted octanol–water partition coefficient (Wildman–Crippen LogP) is 3.70. The van der Waals surface area contributed by atoms with Crippen LogP contribution in [0, 0.1) is 0 Å². The Labute approximate surface area is 120 Å². The van der Waals surface area contributed by atoms with Crippen LogP contribution in [0.2, 0.25) is 5.02 Å². The van der Waals surface area contributed by atoms with Crippen molar-refractivity contribution in [3.8, 4) is 0 Å². The highest BCUT2D eigenvalue weighted by molar-refractivity contribution is 7.92. The zero-order valence-electron chi connectivity index (χ0n) is 11.4. The number of halogens is 1. The monoisotopic (exact) mass is 304 g/mol. The third kappa shape index (κ3) is 6.68. The molecule has 0 saturated carbocycles. The van der Waals surface area contributed by atoms with Crippen molar-refractivity contribution in [2.24, 2.45) is 0 Å². The standard InChI is InChI=1S/C13H21ClN2O2S/c1-3-4-5-6-9-15-13-10-11(7-8-12(13)14)16-19(2,17)18/h7-8,10,15-16H,3-6,9H2,1-2H3. The second-order valence-electron chi connectivity index (χ2n) is 4.56. The van der Waals surface area contributed by atoms with E-state index in [4.69, 9.17) is 11.6 Å². The highest BCUT2D eigenvalue weighted by Crippen LogP contribution is 2.26. The SMILES string of the molecule is CCCCCCNc1cc(NS(C)(=O)=O)ccc1Cl. The first-order chi connectivity index (χ1) is 8.92. The molecule has 0 unspecified atom stereocenters. The van der Waals surface area contributed by atoms with Gasteiger partial charge in [-0.1, -0.05) is 37.8 Å². The Bertz CT molecular complexity index is 503. The minimum Gasteiger partial charge on any atom is -0.384 e. The second-order valence-corrected chi connectivity index (χ2v) is 6.71. The van der Waals surface area contributed by atoms with Crippen LogP contribution in [0.1, 0.15) is 32.6 Å². The van der Waals surface area contributed by atoms with E-state index in [0.29, 0.717) is 10.7 Å². The van der Waals surface area contributed by atoms with Crippen molar-refractivity contribution in [2.75, 3.05) is 22.8 Å². The molecule has 0 aliphatic carbocycles. The van der Waals surface area contributed by atoms with Crippen molar-refractivity contribution in [3.63, 3.8) is 0 Å². The van der Waals surface area contributed by atoms with Crippen molar-refractivity contribution in [1.82, 2.24) is 0 Å². The normalized spacial score (nSPS) is 11.3. The van der Waals surface area contributed by atoms with Gasteiger partial charge in [-0.2, -0.15) is 0 Å². The van der Waals surface area contributed by atoms with Crippen molar-refractivity contribution in [1.29, 1.82) is 0 Å². The molecule has 108 valence electrons. The van der Waals surface area contributed by atoms with Crippen LogP contribution in [0.5, 0.6) is 0 Å². The average Bonchev–Trinajstić information content (AvgIpc) is 2.31. The van der Waals surface area contributed by atoms with E-state index in [1.807, 2.05) is 0 Å². The van der Waals surface area contributed by atoms with Crippen LogP contribution in [0.4, 0.5) is 11.4 Å². The Kier molecular flexibility index (Phi) is 6.45.